The highest BCUT2D eigenvalue weighted by atomic mass is 16.5. The van der Waals surface area contributed by atoms with Crippen LogP contribution in [-0.4, -0.2) is 18.3 Å². The van der Waals surface area contributed by atoms with Crippen LogP contribution in [0, 0.1) is 5.92 Å². The summed E-state index contributed by atoms with van der Waals surface area (Å²) in [5.41, 5.74) is 5.05. The van der Waals surface area contributed by atoms with Crippen molar-refractivity contribution < 1.29 is 14.3 Å². The fourth-order valence-corrected chi connectivity index (χ4v) is 4.57. The largest absolute Gasteiger partial charge is 0.493 e. The standard InChI is InChI=1S/C27H31NO3/c1-4-18-5-7-19(8-6-18)21-13-24-27(25(29)14-21)23(15-26(30)28-24)20-9-11-22(12-10-20)31-16-17(2)3/h5-12,17,21,23H,4,13-16H2,1-3H3,(H,28,30). The molecule has 0 fully saturated rings. The van der Waals surface area contributed by atoms with Crippen LogP contribution in [0.1, 0.15) is 68.6 Å². The minimum Gasteiger partial charge on any atom is -0.493 e. The Kier molecular flexibility index (Phi) is 6.26. The molecule has 0 saturated carbocycles. The molecule has 1 amide bonds. The van der Waals surface area contributed by atoms with Gasteiger partial charge in [-0.25, -0.2) is 0 Å². The molecule has 2 unspecified atom stereocenters. The highest BCUT2D eigenvalue weighted by molar-refractivity contribution is 6.02. The molecule has 0 aromatic heterocycles. The minimum absolute atomic E-state index is 0.0151. The van der Waals surface area contributed by atoms with E-state index >= 15 is 0 Å². The first kappa shape index (κ1) is 21.4. The van der Waals surface area contributed by atoms with Crippen molar-refractivity contribution in [3.63, 3.8) is 0 Å². The molecule has 4 nitrogen and oxygen atoms in total. The van der Waals surface area contributed by atoms with E-state index in [-0.39, 0.29) is 23.5 Å². The van der Waals surface area contributed by atoms with Crippen molar-refractivity contribution in [3.8, 4) is 5.75 Å². The molecule has 2 aromatic rings. The predicted molar refractivity (Wildman–Crippen MR) is 122 cm³/mol. The minimum atomic E-state index is -0.182. The molecule has 0 radical (unpaired) electrons. The molecule has 162 valence electrons. The Labute approximate surface area is 184 Å². The van der Waals surface area contributed by atoms with Gasteiger partial charge in [-0.05, 0) is 53.5 Å². The number of carbonyl (C=O) groups is 2. The molecule has 2 atom stereocenters. The van der Waals surface area contributed by atoms with Gasteiger partial charge in [0.05, 0.1) is 6.61 Å². The molecule has 2 aromatic carbocycles. The molecule has 1 aliphatic heterocycles. The Bertz CT molecular complexity index is 986. The monoisotopic (exact) mass is 417 g/mol. The van der Waals surface area contributed by atoms with Gasteiger partial charge >= 0.3 is 0 Å². The third-order valence-electron chi connectivity index (χ3n) is 6.26. The number of benzene rings is 2. The van der Waals surface area contributed by atoms with Crippen molar-refractivity contribution in [2.24, 2.45) is 5.92 Å². The number of hydrogen-bond acceptors (Lipinski definition) is 3. The van der Waals surface area contributed by atoms with Crippen LogP contribution in [0.25, 0.3) is 0 Å². The number of aryl methyl sites for hydroxylation is 1. The second kappa shape index (κ2) is 9.09. The number of hydrogen-bond donors (Lipinski definition) is 1. The average Bonchev–Trinajstić information content (AvgIpc) is 2.77. The zero-order valence-corrected chi connectivity index (χ0v) is 18.6. The third kappa shape index (κ3) is 4.73. The van der Waals surface area contributed by atoms with Crippen LogP contribution < -0.4 is 10.1 Å². The summed E-state index contributed by atoms with van der Waals surface area (Å²) in [6.07, 6.45) is 2.50. The van der Waals surface area contributed by atoms with Gasteiger partial charge in [0.15, 0.2) is 5.78 Å². The van der Waals surface area contributed by atoms with Crippen LogP contribution in [0.3, 0.4) is 0 Å². The van der Waals surface area contributed by atoms with Gasteiger partial charge in [0.1, 0.15) is 5.75 Å². The van der Waals surface area contributed by atoms with Crippen molar-refractivity contribution in [3.05, 3.63) is 76.5 Å². The summed E-state index contributed by atoms with van der Waals surface area (Å²) in [6, 6.07) is 16.4. The fourth-order valence-electron chi connectivity index (χ4n) is 4.57. The third-order valence-corrected chi connectivity index (χ3v) is 6.26. The van der Waals surface area contributed by atoms with E-state index in [4.69, 9.17) is 4.74 Å². The van der Waals surface area contributed by atoms with Crippen LogP contribution in [0.4, 0.5) is 0 Å². The quantitative estimate of drug-likeness (QED) is 0.695. The summed E-state index contributed by atoms with van der Waals surface area (Å²) in [6.45, 7) is 7.03. The lowest BCUT2D eigenvalue weighted by atomic mass is 9.73. The molecule has 2 aliphatic rings. The number of ketones is 1. The van der Waals surface area contributed by atoms with Crippen molar-refractivity contribution in [2.75, 3.05) is 6.61 Å². The van der Waals surface area contributed by atoms with E-state index in [0.29, 0.717) is 31.8 Å². The lowest BCUT2D eigenvalue weighted by Crippen LogP contribution is -2.38. The molecule has 0 spiro atoms. The number of allylic oxidation sites excluding steroid dienone is 2. The van der Waals surface area contributed by atoms with E-state index in [1.165, 1.54) is 11.1 Å². The van der Waals surface area contributed by atoms with Gasteiger partial charge < -0.3 is 10.1 Å². The SMILES string of the molecule is CCc1ccc(C2CC(=O)C3=C(C2)NC(=O)CC3c2ccc(OCC(C)C)cc2)cc1. The number of amides is 1. The van der Waals surface area contributed by atoms with Gasteiger partial charge in [0.2, 0.25) is 5.91 Å². The molecule has 1 heterocycles. The van der Waals surface area contributed by atoms with E-state index in [0.717, 1.165) is 29.0 Å². The van der Waals surface area contributed by atoms with E-state index in [1.54, 1.807) is 0 Å². The van der Waals surface area contributed by atoms with Gasteiger partial charge in [-0.2, -0.15) is 0 Å². The molecule has 0 bridgehead atoms. The Morgan fingerprint density at radius 2 is 1.61 bits per heavy atom. The molecule has 1 aliphatic carbocycles. The van der Waals surface area contributed by atoms with Gasteiger partial charge in [-0.3, -0.25) is 9.59 Å². The number of rotatable bonds is 6. The molecule has 0 saturated heterocycles. The maximum Gasteiger partial charge on any atom is 0.225 e. The highest BCUT2D eigenvalue weighted by Gasteiger charge is 2.38. The van der Waals surface area contributed by atoms with Gasteiger partial charge in [-0.15, -0.1) is 0 Å². The topological polar surface area (TPSA) is 55.4 Å². The van der Waals surface area contributed by atoms with E-state index in [2.05, 4.69) is 50.4 Å². The summed E-state index contributed by atoms with van der Waals surface area (Å²) >= 11 is 0. The lowest BCUT2D eigenvalue weighted by Gasteiger charge is -2.34. The zero-order valence-electron chi connectivity index (χ0n) is 18.6. The average molecular weight is 418 g/mol. The van der Waals surface area contributed by atoms with Crippen molar-refractivity contribution in [1.29, 1.82) is 0 Å². The summed E-state index contributed by atoms with van der Waals surface area (Å²) in [4.78, 5) is 25.7. The number of nitrogens with one attached hydrogen (secondary N) is 1. The summed E-state index contributed by atoms with van der Waals surface area (Å²) in [7, 11) is 0. The molecular formula is C27H31NO3. The van der Waals surface area contributed by atoms with E-state index < -0.39 is 0 Å². The molecule has 4 rings (SSSR count). The zero-order chi connectivity index (χ0) is 22.0. The summed E-state index contributed by atoms with van der Waals surface area (Å²) in [5.74, 6) is 1.34. The number of carbonyl (C=O) groups excluding carboxylic acids is 2. The smallest absolute Gasteiger partial charge is 0.225 e. The predicted octanol–water partition coefficient (Wildman–Crippen LogP) is 5.29. The van der Waals surface area contributed by atoms with E-state index in [1.807, 2.05) is 24.3 Å². The molecular weight excluding hydrogens is 386 g/mol. The van der Waals surface area contributed by atoms with Crippen LogP contribution in [0.5, 0.6) is 5.75 Å². The van der Waals surface area contributed by atoms with Gasteiger partial charge in [-0.1, -0.05) is 57.2 Å². The van der Waals surface area contributed by atoms with Gasteiger partial charge in [0.25, 0.3) is 0 Å². The van der Waals surface area contributed by atoms with Crippen LogP contribution in [0.15, 0.2) is 59.8 Å². The summed E-state index contributed by atoms with van der Waals surface area (Å²) in [5, 5.41) is 3.01. The first-order valence-corrected chi connectivity index (χ1v) is 11.3. The van der Waals surface area contributed by atoms with Crippen LogP contribution in [0.2, 0.25) is 0 Å². The van der Waals surface area contributed by atoms with Crippen LogP contribution in [-0.2, 0) is 16.0 Å². The maximum absolute atomic E-state index is 13.2. The highest BCUT2D eigenvalue weighted by Crippen LogP contribution is 2.42. The fraction of sp³-hybridized carbons (Fsp3) is 0.407. The first-order valence-electron chi connectivity index (χ1n) is 11.3. The van der Waals surface area contributed by atoms with Gasteiger partial charge in [0, 0.05) is 30.0 Å². The second-order valence-electron chi connectivity index (χ2n) is 9.09. The Balaban J connectivity index is 1.58. The van der Waals surface area contributed by atoms with Crippen molar-refractivity contribution in [1.82, 2.24) is 5.32 Å². The van der Waals surface area contributed by atoms with Crippen molar-refractivity contribution >= 4 is 11.7 Å². The van der Waals surface area contributed by atoms with Crippen molar-refractivity contribution in [2.45, 2.75) is 58.3 Å². The Hall–Kier alpha value is -2.88. The normalized spacial score (nSPS) is 21.2. The number of ether oxygens (including phenoxy) is 1. The maximum atomic E-state index is 13.2. The number of Topliss-reactive ketones (excluding diaryl/α,β-unsaturated/α-hetero) is 1. The first-order chi connectivity index (χ1) is 14.9. The Morgan fingerprint density at radius 3 is 2.26 bits per heavy atom. The van der Waals surface area contributed by atoms with Crippen LogP contribution >= 0.6 is 0 Å². The second-order valence-corrected chi connectivity index (χ2v) is 9.09. The van der Waals surface area contributed by atoms with E-state index in [9.17, 15) is 9.59 Å². The molecule has 1 N–H and O–H groups in total. The molecule has 4 heteroatoms. The molecule has 31 heavy (non-hydrogen) atoms. The summed E-state index contributed by atoms with van der Waals surface area (Å²) < 4.78 is 5.78. The lowest BCUT2D eigenvalue weighted by molar-refractivity contribution is -0.122. The Morgan fingerprint density at radius 1 is 0.935 bits per heavy atom.